The van der Waals surface area contributed by atoms with Gasteiger partial charge in [0, 0.05) is 14.2 Å². The van der Waals surface area contributed by atoms with Crippen molar-refractivity contribution in [2.24, 2.45) is 0 Å². The van der Waals surface area contributed by atoms with Gasteiger partial charge in [-0.3, -0.25) is 0 Å². The fraction of sp³-hybridized carbons (Fsp3) is 0.875. The lowest BCUT2D eigenvalue weighted by Crippen LogP contribution is -2.46. The molecule has 0 saturated heterocycles. The van der Waals surface area contributed by atoms with Gasteiger partial charge in [0.2, 0.25) is 0 Å². The van der Waals surface area contributed by atoms with Crippen molar-refractivity contribution in [1.82, 2.24) is 0 Å². The molecule has 0 rings (SSSR count). The molecule has 2 N–H and O–H groups in total. The van der Waals surface area contributed by atoms with E-state index in [-0.39, 0.29) is 0 Å². The highest BCUT2D eigenvalue weighted by molar-refractivity contribution is 5.57. The number of hydrogen-bond donors (Lipinski definition) is 2. The van der Waals surface area contributed by atoms with E-state index in [1.807, 2.05) is 0 Å². The summed E-state index contributed by atoms with van der Waals surface area (Å²) in [6.07, 6.45) is -3.29. The van der Waals surface area contributed by atoms with E-state index in [4.69, 9.17) is 14.6 Å². The smallest absolute Gasteiger partial charge is 0.151 e. The first kappa shape index (κ1) is 12.5. The van der Waals surface area contributed by atoms with Crippen LogP contribution in [0.15, 0.2) is 0 Å². The van der Waals surface area contributed by atoms with Crippen LogP contribution in [-0.2, 0) is 14.3 Å². The summed E-state index contributed by atoms with van der Waals surface area (Å²) in [7, 11) is 2.67. The molecule has 4 atom stereocenters. The Labute approximate surface area is 77.3 Å². The van der Waals surface area contributed by atoms with Gasteiger partial charge in [-0.2, -0.15) is 0 Å². The SMILES string of the molecule is CO[C@@H]([C@H](O)[C@@H](C)O)[C@@H](C=O)OC. The van der Waals surface area contributed by atoms with E-state index in [1.165, 1.54) is 21.1 Å². The minimum absolute atomic E-state index is 0.528. The summed E-state index contributed by atoms with van der Waals surface area (Å²) in [6.45, 7) is 1.41. The molecule has 0 saturated carbocycles. The van der Waals surface area contributed by atoms with Crippen LogP contribution >= 0.6 is 0 Å². The third-order valence-corrected chi connectivity index (χ3v) is 1.83. The van der Waals surface area contributed by atoms with E-state index in [0.717, 1.165) is 0 Å². The molecule has 0 aliphatic rings. The number of aliphatic hydroxyl groups excluding tert-OH is 2. The zero-order valence-corrected chi connectivity index (χ0v) is 8.01. The Bertz CT molecular complexity index is 147. The van der Waals surface area contributed by atoms with E-state index in [0.29, 0.717) is 6.29 Å². The summed E-state index contributed by atoms with van der Waals surface area (Å²) in [6, 6.07) is 0. The second-order valence-electron chi connectivity index (χ2n) is 2.77. The summed E-state index contributed by atoms with van der Waals surface area (Å²) in [4.78, 5) is 10.5. The highest BCUT2D eigenvalue weighted by atomic mass is 16.5. The summed E-state index contributed by atoms with van der Waals surface area (Å²) in [5.74, 6) is 0. The topological polar surface area (TPSA) is 76.0 Å². The average Bonchev–Trinajstić information content (AvgIpc) is 2.12. The highest BCUT2D eigenvalue weighted by Crippen LogP contribution is 2.09. The Hall–Kier alpha value is -0.490. The number of aldehydes is 1. The third kappa shape index (κ3) is 3.40. The van der Waals surface area contributed by atoms with E-state index >= 15 is 0 Å². The van der Waals surface area contributed by atoms with Crippen molar-refractivity contribution < 1.29 is 24.5 Å². The van der Waals surface area contributed by atoms with Crippen molar-refractivity contribution in [3.05, 3.63) is 0 Å². The van der Waals surface area contributed by atoms with Crippen molar-refractivity contribution in [3.63, 3.8) is 0 Å². The van der Waals surface area contributed by atoms with Gasteiger partial charge in [-0.15, -0.1) is 0 Å². The molecule has 0 fully saturated rings. The maximum atomic E-state index is 10.5. The van der Waals surface area contributed by atoms with Gasteiger partial charge >= 0.3 is 0 Å². The molecule has 0 spiro atoms. The molecule has 0 aliphatic heterocycles. The number of aliphatic hydroxyl groups is 2. The molecule has 0 heterocycles. The number of hydrogen-bond acceptors (Lipinski definition) is 5. The van der Waals surface area contributed by atoms with Crippen LogP contribution in [0, 0.1) is 0 Å². The molecule has 0 bridgehead atoms. The van der Waals surface area contributed by atoms with Crippen molar-refractivity contribution in [2.45, 2.75) is 31.3 Å². The molecule has 0 radical (unpaired) electrons. The predicted octanol–water partition coefficient (Wildman–Crippen LogP) is -1.04. The van der Waals surface area contributed by atoms with Crippen molar-refractivity contribution in [2.75, 3.05) is 14.2 Å². The largest absolute Gasteiger partial charge is 0.391 e. The Morgan fingerprint density at radius 3 is 2.00 bits per heavy atom. The first-order valence-corrected chi connectivity index (χ1v) is 3.95. The van der Waals surface area contributed by atoms with Crippen LogP contribution in [0.3, 0.4) is 0 Å². The van der Waals surface area contributed by atoms with Gasteiger partial charge in [0.1, 0.15) is 18.3 Å². The monoisotopic (exact) mass is 192 g/mol. The Kier molecular flexibility index (Phi) is 5.81. The average molecular weight is 192 g/mol. The number of carbonyl (C=O) groups is 1. The fourth-order valence-electron chi connectivity index (χ4n) is 1.01. The normalized spacial score (nSPS) is 20.4. The van der Waals surface area contributed by atoms with Crippen molar-refractivity contribution >= 4 is 6.29 Å². The van der Waals surface area contributed by atoms with Crippen LogP contribution in [0.5, 0.6) is 0 Å². The van der Waals surface area contributed by atoms with Gasteiger partial charge in [0.05, 0.1) is 6.10 Å². The highest BCUT2D eigenvalue weighted by Gasteiger charge is 2.31. The summed E-state index contributed by atoms with van der Waals surface area (Å²) in [5, 5.41) is 18.5. The first-order valence-electron chi connectivity index (χ1n) is 3.95. The van der Waals surface area contributed by atoms with E-state index in [1.54, 1.807) is 0 Å². The molecule has 0 aromatic carbocycles. The van der Waals surface area contributed by atoms with Crippen LogP contribution in [0.2, 0.25) is 0 Å². The lowest BCUT2D eigenvalue weighted by Gasteiger charge is -2.26. The summed E-state index contributed by atoms with van der Waals surface area (Å²) >= 11 is 0. The van der Waals surface area contributed by atoms with Crippen molar-refractivity contribution in [3.8, 4) is 0 Å². The fourth-order valence-corrected chi connectivity index (χ4v) is 1.01. The van der Waals surface area contributed by atoms with Gasteiger partial charge in [-0.25, -0.2) is 0 Å². The van der Waals surface area contributed by atoms with Gasteiger partial charge in [-0.05, 0) is 6.92 Å². The molecular formula is C8H16O5. The predicted molar refractivity (Wildman–Crippen MR) is 45.3 cm³/mol. The summed E-state index contributed by atoms with van der Waals surface area (Å²) in [5.41, 5.74) is 0. The Morgan fingerprint density at radius 1 is 1.23 bits per heavy atom. The summed E-state index contributed by atoms with van der Waals surface area (Å²) < 4.78 is 9.61. The lowest BCUT2D eigenvalue weighted by atomic mass is 10.0. The van der Waals surface area contributed by atoms with Crippen LogP contribution in [-0.4, -0.2) is 55.1 Å². The van der Waals surface area contributed by atoms with Crippen molar-refractivity contribution in [1.29, 1.82) is 0 Å². The van der Waals surface area contributed by atoms with E-state index < -0.39 is 24.4 Å². The minimum Gasteiger partial charge on any atom is -0.391 e. The van der Waals surface area contributed by atoms with Gasteiger partial charge in [0.25, 0.3) is 0 Å². The Morgan fingerprint density at radius 2 is 1.77 bits per heavy atom. The van der Waals surface area contributed by atoms with Crippen LogP contribution in [0.1, 0.15) is 6.92 Å². The number of methoxy groups -OCH3 is 2. The second kappa shape index (κ2) is 6.04. The molecule has 5 heteroatoms. The minimum atomic E-state index is -1.14. The van der Waals surface area contributed by atoms with E-state index in [9.17, 15) is 9.90 Å². The molecule has 5 nitrogen and oxygen atoms in total. The zero-order chi connectivity index (χ0) is 10.4. The third-order valence-electron chi connectivity index (χ3n) is 1.83. The molecule has 0 aromatic heterocycles. The number of carbonyl (C=O) groups excluding carboxylic acids is 1. The van der Waals surface area contributed by atoms with Crippen LogP contribution in [0.25, 0.3) is 0 Å². The molecule has 0 aromatic rings. The quantitative estimate of drug-likeness (QED) is 0.525. The maximum Gasteiger partial charge on any atom is 0.151 e. The van der Waals surface area contributed by atoms with Crippen LogP contribution < -0.4 is 0 Å². The van der Waals surface area contributed by atoms with Gasteiger partial charge in [-0.1, -0.05) is 0 Å². The molecule has 13 heavy (non-hydrogen) atoms. The molecule has 0 aliphatic carbocycles. The number of rotatable bonds is 6. The maximum absolute atomic E-state index is 10.5. The van der Waals surface area contributed by atoms with Gasteiger partial charge < -0.3 is 24.5 Å². The van der Waals surface area contributed by atoms with E-state index in [2.05, 4.69) is 0 Å². The molecule has 0 unspecified atom stereocenters. The lowest BCUT2D eigenvalue weighted by molar-refractivity contribution is -0.143. The number of ether oxygens (including phenoxy) is 2. The Balaban J connectivity index is 4.37. The first-order chi connectivity index (χ1) is 6.08. The molecular weight excluding hydrogens is 176 g/mol. The second-order valence-corrected chi connectivity index (χ2v) is 2.77. The van der Waals surface area contributed by atoms with Crippen LogP contribution in [0.4, 0.5) is 0 Å². The zero-order valence-electron chi connectivity index (χ0n) is 8.01. The molecule has 78 valence electrons. The molecule has 0 amide bonds. The van der Waals surface area contributed by atoms with Gasteiger partial charge in [0.15, 0.2) is 6.29 Å². The standard InChI is InChI=1S/C8H16O5/c1-5(10)7(11)8(13-3)6(4-9)12-2/h4-8,10-11H,1-3H3/t5-,6-,7-,8-/m1/s1.